The van der Waals surface area contributed by atoms with E-state index in [4.69, 9.17) is 4.74 Å². The number of fused-ring (bicyclic) bond motifs is 1. The predicted octanol–water partition coefficient (Wildman–Crippen LogP) is 5.49. The molecule has 0 saturated heterocycles. The van der Waals surface area contributed by atoms with Gasteiger partial charge in [-0.25, -0.2) is 0 Å². The van der Waals surface area contributed by atoms with Crippen molar-refractivity contribution in [2.24, 2.45) is 5.92 Å². The highest BCUT2D eigenvalue weighted by molar-refractivity contribution is 5.93. The molecule has 1 aromatic heterocycles. The lowest BCUT2D eigenvalue weighted by atomic mass is 9.98. The van der Waals surface area contributed by atoms with Crippen molar-refractivity contribution in [2.45, 2.75) is 39.8 Å². The highest BCUT2D eigenvalue weighted by Gasteiger charge is 2.23. The summed E-state index contributed by atoms with van der Waals surface area (Å²) in [4.78, 5) is 26.7. The van der Waals surface area contributed by atoms with E-state index in [1.807, 2.05) is 85.3 Å². The smallest absolute Gasteiger partial charge is 0.306 e. The number of aliphatic carboxylic acids is 1. The minimum absolute atomic E-state index is 0.00405. The van der Waals surface area contributed by atoms with Crippen LogP contribution in [0.25, 0.3) is 10.9 Å². The van der Waals surface area contributed by atoms with Crippen LogP contribution in [0.2, 0.25) is 0 Å². The second-order valence-corrected chi connectivity index (χ2v) is 9.57. The van der Waals surface area contributed by atoms with Crippen molar-refractivity contribution in [1.82, 2.24) is 9.47 Å². The molecule has 192 valence electrons. The Kier molecular flexibility index (Phi) is 8.29. The molecule has 37 heavy (non-hydrogen) atoms. The van der Waals surface area contributed by atoms with Crippen LogP contribution >= 0.6 is 0 Å². The summed E-state index contributed by atoms with van der Waals surface area (Å²) < 4.78 is 8.24. The number of carboxylic acid groups (broad SMARTS) is 1. The summed E-state index contributed by atoms with van der Waals surface area (Å²) >= 11 is 0. The van der Waals surface area contributed by atoms with Crippen LogP contribution < -0.4 is 4.74 Å². The van der Waals surface area contributed by atoms with Gasteiger partial charge in [-0.05, 0) is 48.6 Å². The van der Waals surface area contributed by atoms with E-state index in [1.165, 1.54) is 5.56 Å². The van der Waals surface area contributed by atoms with Crippen molar-refractivity contribution >= 4 is 22.8 Å². The number of rotatable bonds is 11. The Morgan fingerprint density at radius 2 is 1.59 bits per heavy atom. The normalized spacial score (nSPS) is 11.9. The lowest BCUT2D eigenvalue weighted by Crippen LogP contribution is -2.32. The monoisotopic (exact) mass is 498 g/mol. The first-order valence-corrected chi connectivity index (χ1v) is 12.6. The fourth-order valence-corrected chi connectivity index (χ4v) is 4.60. The fourth-order valence-electron chi connectivity index (χ4n) is 4.60. The molecule has 1 heterocycles. The summed E-state index contributed by atoms with van der Waals surface area (Å²) in [6.45, 7) is 4.87. The van der Waals surface area contributed by atoms with Gasteiger partial charge < -0.3 is 19.3 Å². The van der Waals surface area contributed by atoms with Crippen molar-refractivity contribution in [3.05, 3.63) is 101 Å². The zero-order chi connectivity index (χ0) is 26.4. The standard InChI is InChI=1S/C31H34N2O4/c1-22(31(35)36)19-26-23(2)33(20-29(34)32(3)18-17-24-11-6-4-7-12-24)27-15-10-16-28(30(26)27)37-21-25-13-8-5-9-14-25/h4-16,22H,17-21H2,1-3H3,(H,35,36). The van der Waals surface area contributed by atoms with E-state index < -0.39 is 11.9 Å². The first-order chi connectivity index (χ1) is 17.8. The molecule has 4 aromatic rings. The number of carboxylic acids is 1. The van der Waals surface area contributed by atoms with Gasteiger partial charge in [0.25, 0.3) is 0 Å². The van der Waals surface area contributed by atoms with E-state index in [0.29, 0.717) is 25.3 Å². The van der Waals surface area contributed by atoms with Gasteiger partial charge >= 0.3 is 5.97 Å². The Bertz CT molecular complexity index is 1360. The highest BCUT2D eigenvalue weighted by Crippen LogP contribution is 2.35. The molecule has 6 heteroatoms. The average molecular weight is 499 g/mol. The zero-order valence-corrected chi connectivity index (χ0v) is 21.7. The molecule has 0 bridgehead atoms. The zero-order valence-electron chi connectivity index (χ0n) is 21.7. The maximum absolute atomic E-state index is 13.2. The molecule has 4 rings (SSSR count). The number of amides is 1. The van der Waals surface area contributed by atoms with E-state index in [2.05, 4.69) is 12.1 Å². The fraction of sp³-hybridized carbons (Fsp3) is 0.290. The van der Waals surface area contributed by atoms with Crippen LogP contribution in [0.5, 0.6) is 5.75 Å². The Balaban J connectivity index is 1.63. The van der Waals surface area contributed by atoms with Crippen LogP contribution in [0, 0.1) is 12.8 Å². The molecule has 1 amide bonds. The van der Waals surface area contributed by atoms with Gasteiger partial charge in [0.2, 0.25) is 5.91 Å². The van der Waals surface area contributed by atoms with Crippen molar-refractivity contribution in [3.8, 4) is 5.75 Å². The summed E-state index contributed by atoms with van der Waals surface area (Å²) in [5.74, 6) is -0.714. The maximum Gasteiger partial charge on any atom is 0.306 e. The Hall–Kier alpha value is -4.06. The van der Waals surface area contributed by atoms with Gasteiger partial charge in [-0.1, -0.05) is 73.7 Å². The van der Waals surface area contributed by atoms with Gasteiger partial charge in [0.05, 0.1) is 11.4 Å². The minimum atomic E-state index is -0.847. The Morgan fingerprint density at radius 3 is 2.24 bits per heavy atom. The summed E-state index contributed by atoms with van der Waals surface area (Å²) in [5, 5.41) is 10.5. The van der Waals surface area contributed by atoms with Gasteiger partial charge in [0.15, 0.2) is 0 Å². The molecule has 1 N–H and O–H groups in total. The van der Waals surface area contributed by atoms with Crippen LogP contribution in [0.1, 0.15) is 29.3 Å². The predicted molar refractivity (Wildman–Crippen MR) is 146 cm³/mol. The van der Waals surface area contributed by atoms with Crippen molar-refractivity contribution in [2.75, 3.05) is 13.6 Å². The third kappa shape index (κ3) is 6.20. The molecule has 0 spiro atoms. The third-order valence-corrected chi connectivity index (χ3v) is 6.91. The molecular formula is C31H34N2O4. The molecule has 3 aromatic carbocycles. The molecule has 6 nitrogen and oxygen atoms in total. The molecule has 0 saturated carbocycles. The van der Waals surface area contributed by atoms with E-state index in [0.717, 1.165) is 34.1 Å². The number of carbonyl (C=O) groups is 2. The first-order valence-electron chi connectivity index (χ1n) is 12.6. The molecule has 0 aliphatic heterocycles. The molecule has 0 aliphatic carbocycles. The average Bonchev–Trinajstić information content (AvgIpc) is 3.17. The van der Waals surface area contributed by atoms with Gasteiger partial charge in [0.1, 0.15) is 18.9 Å². The topological polar surface area (TPSA) is 71.8 Å². The SMILES string of the molecule is Cc1c(CC(C)C(=O)O)c2c(OCc3ccccc3)cccc2n1CC(=O)N(C)CCc1ccccc1. The summed E-state index contributed by atoms with van der Waals surface area (Å²) in [5.41, 5.74) is 4.92. The van der Waals surface area contributed by atoms with E-state index in [9.17, 15) is 14.7 Å². The molecule has 0 fully saturated rings. The second-order valence-electron chi connectivity index (χ2n) is 9.57. The number of ether oxygens (including phenoxy) is 1. The number of likely N-dealkylation sites (N-methyl/N-ethyl adjacent to an activating group) is 1. The van der Waals surface area contributed by atoms with Gasteiger partial charge in [-0.3, -0.25) is 9.59 Å². The van der Waals surface area contributed by atoms with Crippen molar-refractivity contribution < 1.29 is 19.4 Å². The number of nitrogens with zero attached hydrogens (tertiary/aromatic N) is 2. The first kappa shape index (κ1) is 26.0. The minimum Gasteiger partial charge on any atom is -0.488 e. The van der Waals surface area contributed by atoms with E-state index >= 15 is 0 Å². The lowest BCUT2D eigenvalue weighted by molar-refractivity contribution is -0.141. The van der Waals surface area contributed by atoms with Crippen molar-refractivity contribution in [3.63, 3.8) is 0 Å². The third-order valence-electron chi connectivity index (χ3n) is 6.91. The van der Waals surface area contributed by atoms with E-state index in [-0.39, 0.29) is 12.5 Å². The number of hydrogen-bond acceptors (Lipinski definition) is 3. The van der Waals surface area contributed by atoms with Crippen LogP contribution in [-0.4, -0.2) is 40.0 Å². The molecule has 1 atom stereocenters. The number of hydrogen-bond donors (Lipinski definition) is 1. The maximum atomic E-state index is 13.2. The number of carbonyl (C=O) groups excluding carboxylic acids is 1. The number of aromatic nitrogens is 1. The van der Waals surface area contributed by atoms with Crippen LogP contribution in [-0.2, 0) is 35.6 Å². The van der Waals surface area contributed by atoms with Crippen LogP contribution in [0.4, 0.5) is 0 Å². The highest BCUT2D eigenvalue weighted by atomic mass is 16.5. The summed E-state index contributed by atoms with van der Waals surface area (Å²) in [6, 6.07) is 25.9. The van der Waals surface area contributed by atoms with Gasteiger partial charge in [-0.2, -0.15) is 0 Å². The second kappa shape index (κ2) is 11.8. The number of benzene rings is 3. The van der Waals surface area contributed by atoms with Crippen LogP contribution in [0.15, 0.2) is 78.9 Å². The van der Waals surface area contributed by atoms with Gasteiger partial charge in [-0.15, -0.1) is 0 Å². The van der Waals surface area contributed by atoms with E-state index in [1.54, 1.807) is 11.8 Å². The Morgan fingerprint density at radius 1 is 0.946 bits per heavy atom. The van der Waals surface area contributed by atoms with Gasteiger partial charge in [0, 0.05) is 24.7 Å². The molecule has 0 aliphatic rings. The quantitative estimate of drug-likeness (QED) is 0.297. The van der Waals surface area contributed by atoms with Crippen LogP contribution in [0.3, 0.4) is 0 Å². The lowest BCUT2D eigenvalue weighted by Gasteiger charge is -2.19. The van der Waals surface area contributed by atoms with Crippen molar-refractivity contribution in [1.29, 1.82) is 0 Å². The molecule has 1 unspecified atom stereocenters. The molecular weight excluding hydrogens is 464 g/mol. The Labute approximate surface area is 218 Å². The molecule has 0 radical (unpaired) electrons. The summed E-state index contributed by atoms with van der Waals surface area (Å²) in [6.07, 6.45) is 1.14. The summed E-state index contributed by atoms with van der Waals surface area (Å²) in [7, 11) is 1.83. The largest absolute Gasteiger partial charge is 0.488 e.